The van der Waals surface area contributed by atoms with Gasteiger partial charge in [0.25, 0.3) is 10.0 Å². The highest BCUT2D eigenvalue weighted by atomic mass is 32.2. The van der Waals surface area contributed by atoms with E-state index in [0.29, 0.717) is 56.4 Å². The number of halogens is 1. The minimum Gasteiger partial charge on any atom is -0.381 e. The summed E-state index contributed by atoms with van der Waals surface area (Å²) < 4.78 is 48.0. The lowest BCUT2D eigenvalue weighted by Crippen LogP contribution is -2.40. The van der Waals surface area contributed by atoms with Crippen molar-refractivity contribution in [3.05, 3.63) is 41.2 Å². The molecule has 2 fully saturated rings. The van der Waals surface area contributed by atoms with Crippen molar-refractivity contribution in [2.24, 2.45) is 10.3 Å². The smallest absolute Gasteiger partial charge is 0.285 e. The molecule has 0 saturated carbocycles. The van der Waals surface area contributed by atoms with Crippen LogP contribution in [0, 0.1) is 11.7 Å². The fourth-order valence-electron chi connectivity index (χ4n) is 4.12. The van der Waals surface area contributed by atoms with Crippen LogP contribution in [-0.4, -0.2) is 69.4 Å². The molecule has 3 aliphatic rings. The second-order valence-corrected chi connectivity index (χ2v) is 9.12. The maximum Gasteiger partial charge on any atom is 0.285 e. The van der Waals surface area contributed by atoms with Crippen LogP contribution in [-0.2, 0) is 19.6 Å². The van der Waals surface area contributed by atoms with Crippen LogP contribution in [0.4, 0.5) is 4.39 Å². The Morgan fingerprint density at radius 3 is 2.62 bits per heavy atom. The Labute approximate surface area is 169 Å². The van der Waals surface area contributed by atoms with Gasteiger partial charge in [0, 0.05) is 38.4 Å². The average Bonchev–Trinajstić information content (AvgIpc) is 3.21. The molecular formula is C20H24FN3O4S. The van der Waals surface area contributed by atoms with Crippen LogP contribution in [0.25, 0.3) is 4.91 Å². The molecule has 4 rings (SSSR count). The largest absolute Gasteiger partial charge is 0.381 e. The van der Waals surface area contributed by atoms with E-state index < -0.39 is 15.8 Å². The van der Waals surface area contributed by atoms with Gasteiger partial charge in [-0.1, -0.05) is 12.1 Å². The predicted octanol–water partition coefficient (Wildman–Crippen LogP) is 1.87. The molecule has 0 spiro atoms. The summed E-state index contributed by atoms with van der Waals surface area (Å²) >= 11 is 0. The van der Waals surface area contributed by atoms with Gasteiger partial charge < -0.3 is 14.5 Å². The summed E-state index contributed by atoms with van der Waals surface area (Å²) in [6.07, 6.45) is 1.49. The molecule has 0 radical (unpaired) electrons. The lowest BCUT2D eigenvalue weighted by molar-refractivity contribution is -0.135. The van der Waals surface area contributed by atoms with Crippen molar-refractivity contribution < 1.29 is 22.3 Å². The van der Waals surface area contributed by atoms with E-state index in [-0.39, 0.29) is 16.7 Å². The van der Waals surface area contributed by atoms with E-state index in [9.17, 15) is 17.6 Å². The molecule has 3 aliphatic heterocycles. The van der Waals surface area contributed by atoms with E-state index in [1.54, 1.807) is 6.92 Å². The van der Waals surface area contributed by atoms with Gasteiger partial charge in [-0.15, -0.1) is 4.40 Å². The maximum absolute atomic E-state index is 13.2. The predicted molar refractivity (Wildman–Crippen MR) is 107 cm³/mol. The van der Waals surface area contributed by atoms with E-state index >= 15 is 0 Å². The molecule has 1 aromatic carbocycles. The Morgan fingerprint density at radius 1 is 1.17 bits per heavy atom. The second-order valence-electron chi connectivity index (χ2n) is 7.58. The van der Waals surface area contributed by atoms with E-state index in [2.05, 4.69) is 4.40 Å². The molecule has 156 valence electrons. The van der Waals surface area contributed by atoms with Crippen molar-refractivity contribution in [1.82, 2.24) is 9.80 Å². The first-order valence-electron chi connectivity index (χ1n) is 9.80. The van der Waals surface area contributed by atoms with Crippen molar-refractivity contribution in [3.8, 4) is 0 Å². The zero-order chi connectivity index (χ0) is 20.6. The number of ether oxygens (including phenoxy) is 1. The molecular weight excluding hydrogens is 397 g/mol. The SMILES string of the molecule is CC1=C(c2ccc(F)cc2)S(=O)(=O)N=C1N1CCCN(C(=O)[C@@H]2CCOC2)CC1. The summed E-state index contributed by atoms with van der Waals surface area (Å²) in [5.74, 6) is 0.0401. The number of benzene rings is 1. The van der Waals surface area contributed by atoms with Gasteiger partial charge in [0.15, 0.2) is 0 Å². The number of carbonyl (C=O) groups excluding carboxylic acids is 1. The molecule has 0 aromatic heterocycles. The monoisotopic (exact) mass is 421 g/mol. The van der Waals surface area contributed by atoms with Crippen LogP contribution in [0.2, 0.25) is 0 Å². The number of nitrogens with zero attached hydrogens (tertiary/aromatic N) is 3. The molecule has 1 atom stereocenters. The van der Waals surface area contributed by atoms with Crippen LogP contribution in [0.3, 0.4) is 0 Å². The summed E-state index contributed by atoms with van der Waals surface area (Å²) in [5, 5.41) is 0. The lowest BCUT2D eigenvalue weighted by atomic mass is 10.1. The van der Waals surface area contributed by atoms with E-state index in [0.717, 1.165) is 12.8 Å². The van der Waals surface area contributed by atoms with Crippen LogP contribution >= 0.6 is 0 Å². The third-order valence-corrected chi connectivity index (χ3v) is 7.10. The Hall–Kier alpha value is -2.26. The van der Waals surface area contributed by atoms with Gasteiger partial charge in [0.05, 0.1) is 12.5 Å². The zero-order valence-electron chi connectivity index (χ0n) is 16.3. The summed E-state index contributed by atoms with van der Waals surface area (Å²) in [5.41, 5.74) is 0.982. The van der Waals surface area contributed by atoms with Gasteiger partial charge >= 0.3 is 0 Å². The number of rotatable bonds is 2. The maximum atomic E-state index is 13.2. The molecule has 7 nitrogen and oxygen atoms in total. The molecule has 3 heterocycles. The average molecular weight is 421 g/mol. The molecule has 1 aromatic rings. The van der Waals surface area contributed by atoms with Gasteiger partial charge in [0.2, 0.25) is 5.91 Å². The first-order chi connectivity index (χ1) is 13.9. The molecule has 0 bridgehead atoms. The zero-order valence-corrected chi connectivity index (χ0v) is 17.1. The standard InChI is InChI=1S/C20H24FN3O4S/c1-14-18(15-3-5-17(21)6-4-15)29(26,27)22-19(14)23-8-2-9-24(11-10-23)20(25)16-7-12-28-13-16/h3-6,16H,2,7-13H2,1H3/t16-/m1/s1. The number of carbonyl (C=O) groups is 1. The normalized spacial score (nSPS) is 24.6. The Bertz CT molecular complexity index is 966. The minimum atomic E-state index is -3.85. The summed E-state index contributed by atoms with van der Waals surface area (Å²) in [4.78, 5) is 16.6. The molecule has 2 saturated heterocycles. The molecule has 29 heavy (non-hydrogen) atoms. The Kier molecular flexibility index (Phi) is 5.44. The third kappa shape index (κ3) is 3.93. The number of amides is 1. The molecule has 1 amide bonds. The quantitative estimate of drug-likeness (QED) is 0.729. The number of amidine groups is 1. The van der Waals surface area contributed by atoms with Gasteiger partial charge in [-0.2, -0.15) is 8.42 Å². The molecule has 0 unspecified atom stereocenters. The first-order valence-corrected chi connectivity index (χ1v) is 11.2. The summed E-state index contributed by atoms with van der Waals surface area (Å²) in [7, 11) is -3.85. The van der Waals surface area contributed by atoms with E-state index in [1.165, 1.54) is 24.3 Å². The van der Waals surface area contributed by atoms with Crippen LogP contribution in [0.1, 0.15) is 25.3 Å². The van der Waals surface area contributed by atoms with Crippen molar-refractivity contribution >= 4 is 26.7 Å². The first kappa shape index (κ1) is 20.0. The summed E-state index contributed by atoms with van der Waals surface area (Å²) in [6, 6.07) is 5.39. The fourth-order valence-corrected chi connectivity index (χ4v) is 5.61. The highest BCUT2D eigenvalue weighted by molar-refractivity contribution is 8.00. The minimum absolute atomic E-state index is 0.0718. The topological polar surface area (TPSA) is 79.3 Å². The van der Waals surface area contributed by atoms with Crippen LogP contribution < -0.4 is 0 Å². The highest BCUT2D eigenvalue weighted by Crippen LogP contribution is 2.34. The Morgan fingerprint density at radius 2 is 1.93 bits per heavy atom. The van der Waals surface area contributed by atoms with Crippen molar-refractivity contribution in [2.45, 2.75) is 19.8 Å². The van der Waals surface area contributed by atoms with Crippen molar-refractivity contribution in [1.29, 1.82) is 0 Å². The third-order valence-electron chi connectivity index (χ3n) is 5.63. The Balaban J connectivity index is 1.53. The van der Waals surface area contributed by atoms with Crippen LogP contribution in [0.15, 0.2) is 34.2 Å². The molecule has 0 N–H and O–H groups in total. The second kappa shape index (κ2) is 7.87. The lowest BCUT2D eigenvalue weighted by Gasteiger charge is -2.25. The summed E-state index contributed by atoms with van der Waals surface area (Å²) in [6.45, 7) is 5.13. The molecule has 0 aliphatic carbocycles. The van der Waals surface area contributed by atoms with Crippen molar-refractivity contribution in [3.63, 3.8) is 0 Å². The fraction of sp³-hybridized carbons (Fsp3) is 0.500. The van der Waals surface area contributed by atoms with E-state index in [4.69, 9.17) is 4.74 Å². The number of hydrogen-bond donors (Lipinski definition) is 0. The molecule has 9 heteroatoms. The van der Waals surface area contributed by atoms with Gasteiger partial charge in [-0.05, 0) is 37.5 Å². The number of sulfonamides is 1. The van der Waals surface area contributed by atoms with Crippen LogP contribution in [0.5, 0.6) is 0 Å². The highest BCUT2D eigenvalue weighted by Gasteiger charge is 2.35. The van der Waals surface area contributed by atoms with Gasteiger partial charge in [-0.25, -0.2) is 4.39 Å². The van der Waals surface area contributed by atoms with E-state index in [1.807, 2.05) is 9.80 Å². The number of hydrogen-bond acceptors (Lipinski definition) is 5. The van der Waals surface area contributed by atoms with Gasteiger partial charge in [0.1, 0.15) is 16.6 Å². The van der Waals surface area contributed by atoms with Crippen molar-refractivity contribution in [2.75, 3.05) is 39.4 Å². The van der Waals surface area contributed by atoms with Gasteiger partial charge in [-0.3, -0.25) is 4.79 Å².